The number of aliphatic hydroxyl groups is 1. The van der Waals surface area contributed by atoms with Crippen molar-refractivity contribution in [3.63, 3.8) is 0 Å². The minimum Gasteiger partial charge on any atom is -0.369 e. The average molecular weight is 535 g/mol. The van der Waals surface area contributed by atoms with Crippen LogP contribution in [-0.4, -0.2) is 38.3 Å². The van der Waals surface area contributed by atoms with E-state index in [0.29, 0.717) is 23.7 Å². The summed E-state index contributed by atoms with van der Waals surface area (Å²) in [6.45, 7) is 2.04. The number of anilines is 1. The molecule has 3 aromatic rings. The van der Waals surface area contributed by atoms with E-state index in [1.54, 1.807) is 6.92 Å². The highest BCUT2D eigenvalue weighted by Crippen LogP contribution is 2.50. The predicted molar refractivity (Wildman–Crippen MR) is 115 cm³/mol. The van der Waals surface area contributed by atoms with Gasteiger partial charge in [0.05, 0.1) is 16.3 Å². The molecule has 5 nitrogen and oxygen atoms in total. The third-order valence-electron chi connectivity index (χ3n) is 6.03. The molecule has 0 saturated carbocycles. The predicted octanol–water partition coefficient (Wildman–Crippen LogP) is 5.25. The maximum atomic E-state index is 14.6. The zero-order chi connectivity index (χ0) is 26.8. The van der Waals surface area contributed by atoms with Crippen molar-refractivity contribution in [2.24, 2.45) is 0 Å². The van der Waals surface area contributed by atoms with Crippen LogP contribution in [0.2, 0.25) is 0 Å². The first-order chi connectivity index (χ1) is 16.5. The standard InChI is InChI=1S/C23H16F7NO4S/c1-2-31-17-8-9-18(14-4-3-5-15(19(14)17)20(31)32)36(34,35)11-12-6-7-13(10-16(12)24)21(33,22(25,26)27)23(28,29)30/h3-10,33H,2,11H2,1H3. The summed E-state index contributed by atoms with van der Waals surface area (Å²) in [5.74, 6) is -3.11. The fraction of sp³-hybridized carbons (Fsp3) is 0.261. The second-order valence-electron chi connectivity index (χ2n) is 8.13. The Morgan fingerprint density at radius 3 is 2.14 bits per heavy atom. The van der Waals surface area contributed by atoms with Crippen molar-refractivity contribution in [2.75, 3.05) is 11.4 Å². The molecule has 1 amide bonds. The minimum absolute atomic E-state index is 0.162. The Morgan fingerprint density at radius 2 is 1.58 bits per heavy atom. The van der Waals surface area contributed by atoms with Crippen molar-refractivity contribution in [2.45, 2.75) is 35.5 Å². The van der Waals surface area contributed by atoms with Gasteiger partial charge >= 0.3 is 12.4 Å². The van der Waals surface area contributed by atoms with Gasteiger partial charge in [-0.2, -0.15) is 26.3 Å². The van der Waals surface area contributed by atoms with Crippen LogP contribution in [0.1, 0.15) is 28.4 Å². The Bertz CT molecular complexity index is 1480. The molecule has 1 N–H and O–H groups in total. The molecule has 36 heavy (non-hydrogen) atoms. The summed E-state index contributed by atoms with van der Waals surface area (Å²) in [6, 6.07) is 7.47. The van der Waals surface area contributed by atoms with Crippen LogP contribution in [0, 0.1) is 5.82 Å². The van der Waals surface area contributed by atoms with Gasteiger partial charge in [0.1, 0.15) is 5.82 Å². The normalized spacial score (nSPS) is 14.7. The summed E-state index contributed by atoms with van der Waals surface area (Å²) in [5.41, 5.74) is -7.17. The molecule has 0 bridgehead atoms. The zero-order valence-electron chi connectivity index (χ0n) is 18.2. The van der Waals surface area contributed by atoms with Crippen LogP contribution < -0.4 is 4.90 Å². The van der Waals surface area contributed by atoms with Crippen LogP contribution in [-0.2, 0) is 21.2 Å². The van der Waals surface area contributed by atoms with Crippen molar-refractivity contribution >= 4 is 32.2 Å². The molecular formula is C23H16F7NO4S. The summed E-state index contributed by atoms with van der Waals surface area (Å²) < 4.78 is 120. The molecule has 13 heteroatoms. The van der Waals surface area contributed by atoms with E-state index >= 15 is 0 Å². The Labute approximate surface area is 199 Å². The molecule has 1 aliphatic rings. The number of amides is 1. The molecule has 3 aromatic carbocycles. The van der Waals surface area contributed by atoms with E-state index in [2.05, 4.69) is 0 Å². The summed E-state index contributed by atoms with van der Waals surface area (Å²) in [6.07, 6.45) is -12.4. The van der Waals surface area contributed by atoms with Crippen molar-refractivity contribution in [1.29, 1.82) is 0 Å². The van der Waals surface area contributed by atoms with Crippen LogP contribution in [0.15, 0.2) is 53.4 Å². The second kappa shape index (κ2) is 8.17. The number of hydrogen-bond acceptors (Lipinski definition) is 4. The van der Waals surface area contributed by atoms with Gasteiger partial charge in [-0.25, -0.2) is 12.8 Å². The summed E-state index contributed by atoms with van der Waals surface area (Å²) >= 11 is 0. The van der Waals surface area contributed by atoms with Crippen LogP contribution in [0.25, 0.3) is 10.8 Å². The molecule has 0 saturated heterocycles. The number of carbonyl (C=O) groups is 1. The number of benzene rings is 3. The molecule has 1 aliphatic heterocycles. The Kier molecular flexibility index (Phi) is 5.87. The van der Waals surface area contributed by atoms with Gasteiger partial charge in [0.25, 0.3) is 11.5 Å². The molecule has 0 unspecified atom stereocenters. The fourth-order valence-corrected chi connectivity index (χ4v) is 5.84. The lowest BCUT2D eigenvalue weighted by atomic mass is 9.91. The highest BCUT2D eigenvalue weighted by Gasteiger charge is 2.71. The van der Waals surface area contributed by atoms with E-state index in [9.17, 15) is 49.1 Å². The van der Waals surface area contributed by atoms with E-state index in [1.807, 2.05) is 0 Å². The number of alkyl halides is 6. The molecule has 0 fully saturated rings. The van der Waals surface area contributed by atoms with E-state index in [-0.39, 0.29) is 33.9 Å². The number of carbonyl (C=O) groups excluding carboxylic acids is 1. The maximum absolute atomic E-state index is 14.6. The molecule has 1 heterocycles. The second-order valence-corrected chi connectivity index (χ2v) is 10.1. The first kappa shape index (κ1) is 25.9. The first-order valence-corrected chi connectivity index (χ1v) is 11.9. The first-order valence-electron chi connectivity index (χ1n) is 10.3. The van der Waals surface area contributed by atoms with Gasteiger partial charge in [-0.15, -0.1) is 0 Å². The van der Waals surface area contributed by atoms with Crippen molar-refractivity contribution in [3.8, 4) is 0 Å². The Hall–Kier alpha value is -3.19. The van der Waals surface area contributed by atoms with E-state index in [0.717, 1.165) is 0 Å². The van der Waals surface area contributed by atoms with Crippen LogP contribution in [0.3, 0.4) is 0 Å². The number of halogens is 7. The monoisotopic (exact) mass is 535 g/mol. The molecule has 192 valence electrons. The van der Waals surface area contributed by atoms with Crippen molar-refractivity contribution in [3.05, 3.63) is 71.0 Å². The molecule has 0 atom stereocenters. The SMILES string of the molecule is CCN1C(=O)c2cccc3c(S(=O)(=O)Cc4ccc(C(O)(C(F)(F)F)C(F)(F)F)cc4F)ccc1c23. The van der Waals surface area contributed by atoms with Crippen LogP contribution in [0.4, 0.5) is 36.4 Å². The minimum atomic E-state index is -6.22. The number of nitrogens with zero attached hydrogens (tertiary/aromatic N) is 1. The highest BCUT2D eigenvalue weighted by atomic mass is 32.2. The van der Waals surface area contributed by atoms with Crippen molar-refractivity contribution in [1.82, 2.24) is 0 Å². The lowest BCUT2D eigenvalue weighted by Crippen LogP contribution is -2.54. The lowest BCUT2D eigenvalue weighted by Gasteiger charge is -2.32. The molecule has 0 spiro atoms. The molecule has 0 aromatic heterocycles. The van der Waals surface area contributed by atoms with Gasteiger partial charge < -0.3 is 10.0 Å². The van der Waals surface area contributed by atoms with Crippen molar-refractivity contribution < 1.29 is 49.1 Å². The smallest absolute Gasteiger partial charge is 0.369 e. The van der Waals surface area contributed by atoms with Gasteiger partial charge in [-0.3, -0.25) is 4.79 Å². The highest BCUT2D eigenvalue weighted by molar-refractivity contribution is 7.90. The number of rotatable bonds is 5. The topological polar surface area (TPSA) is 74.7 Å². The molecule has 0 aliphatic carbocycles. The zero-order valence-corrected chi connectivity index (χ0v) is 19.0. The van der Waals surface area contributed by atoms with E-state index in [1.165, 1.54) is 35.2 Å². The van der Waals surface area contributed by atoms with Gasteiger partial charge in [0.2, 0.25) is 0 Å². The van der Waals surface area contributed by atoms with Crippen LogP contribution >= 0.6 is 0 Å². The van der Waals surface area contributed by atoms with Gasteiger partial charge in [-0.05, 0) is 31.2 Å². The Balaban J connectivity index is 1.77. The van der Waals surface area contributed by atoms with Crippen LogP contribution in [0.5, 0.6) is 0 Å². The molecular weight excluding hydrogens is 519 g/mol. The van der Waals surface area contributed by atoms with Gasteiger partial charge in [-0.1, -0.05) is 24.3 Å². The van der Waals surface area contributed by atoms with Gasteiger partial charge in [0, 0.05) is 34.0 Å². The third-order valence-corrected chi connectivity index (χ3v) is 7.75. The van der Waals surface area contributed by atoms with E-state index < -0.39 is 50.5 Å². The lowest BCUT2D eigenvalue weighted by molar-refractivity contribution is -0.376. The fourth-order valence-electron chi connectivity index (χ4n) is 4.26. The molecule has 0 radical (unpaired) electrons. The van der Waals surface area contributed by atoms with Gasteiger partial charge in [0.15, 0.2) is 9.84 Å². The Morgan fingerprint density at radius 1 is 0.944 bits per heavy atom. The summed E-state index contributed by atoms with van der Waals surface area (Å²) in [5, 5.41) is 9.98. The molecule has 4 rings (SSSR count). The van der Waals surface area contributed by atoms with E-state index in [4.69, 9.17) is 0 Å². The summed E-state index contributed by atoms with van der Waals surface area (Å²) in [4.78, 5) is 13.8. The number of hydrogen-bond donors (Lipinski definition) is 1. The largest absolute Gasteiger partial charge is 0.430 e. The summed E-state index contributed by atoms with van der Waals surface area (Å²) in [7, 11) is -4.39. The quantitative estimate of drug-likeness (QED) is 0.454. The third kappa shape index (κ3) is 3.72. The average Bonchev–Trinajstić information content (AvgIpc) is 3.05. The maximum Gasteiger partial charge on any atom is 0.430 e. The number of sulfone groups is 1.